The lowest BCUT2D eigenvalue weighted by molar-refractivity contribution is 0.0809. The maximum absolute atomic E-state index is 9.86. The third kappa shape index (κ3) is 1.38. The van der Waals surface area contributed by atoms with Crippen molar-refractivity contribution >= 4 is 0 Å². The third-order valence-corrected chi connectivity index (χ3v) is 4.33. The van der Waals surface area contributed by atoms with Gasteiger partial charge in [0.2, 0.25) is 0 Å². The Kier molecular flexibility index (Phi) is 2.26. The predicted molar refractivity (Wildman–Crippen MR) is 55.1 cm³/mol. The van der Waals surface area contributed by atoms with E-state index < -0.39 is 0 Å². The molecule has 0 bridgehead atoms. The second-order valence-corrected chi connectivity index (χ2v) is 5.20. The minimum absolute atomic E-state index is 0.0400. The van der Waals surface area contributed by atoms with Crippen LogP contribution in [0.1, 0.15) is 19.3 Å². The molecule has 2 N–H and O–H groups in total. The molecule has 2 saturated heterocycles. The fraction of sp³-hybridized carbons (Fsp3) is 1.00. The first-order chi connectivity index (χ1) is 6.84. The van der Waals surface area contributed by atoms with Crippen LogP contribution in [0.5, 0.6) is 0 Å². The summed E-state index contributed by atoms with van der Waals surface area (Å²) in [5.41, 5.74) is 0. The van der Waals surface area contributed by atoms with Crippen molar-refractivity contribution in [1.82, 2.24) is 10.2 Å². The highest BCUT2D eigenvalue weighted by atomic mass is 16.3. The first kappa shape index (κ1) is 9.13. The predicted octanol–water partition coefficient (Wildman–Crippen LogP) is 0.0510. The van der Waals surface area contributed by atoms with Gasteiger partial charge in [0.05, 0.1) is 6.10 Å². The molecule has 2 aliphatic heterocycles. The molecule has 3 heteroatoms. The van der Waals surface area contributed by atoms with E-state index in [-0.39, 0.29) is 6.10 Å². The van der Waals surface area contributed by atoms with Crippen LogP contribution >= 0.6 is 0 Å². The quantitative estimate of drug-likeness (QED) is 0.622. The first-order valence-electron chi connectivity index (χ1n) is 5.97. The van der Waals surface area contributed by atoms with Crippen LogP contribution < -0.4 is 5.32 Å². The number of aliphatic hydroxyl groups excluding tert-OH is 1. The van der Waals surface area contributed by atoms with Crippen LogP contribution in [0.4, 0.5) is 0 Å². The zero-order chi connectivity index (χ0) is 9.54. The Hall–Kier alpha value is -0.120. The SMILES string of the molecule is OC1CCCC1N1C[C@H]2CNC[C@H]2C1. The number of hydrogen-bond acceptors (Lipinski definition) is 3. The van der Waals surface area contributed by atoms with Crippen LogP contribution in [0.3, 0.4) is 0 Å². The summed E-state index contributed by atoms with van der Waals surface area (Å²) >= 11 is 0. The van der Waals surface area contributed by atoms with E-state index in [9.17, 15) is 5.11 Å². The van der Waals surface area contributed by atoms with Crippen molar-refractivity contribution in [2.45, 2.75) is 31.4 Å². The standard InChI is InChI=1S/C11H20N2O/c14-11-3-1-2-10(11)13-6-8-4-12-5-9(8)7-13/h8-12,14H,1-7H2/t8-,9+,10?,11?. The summed E-state index contributed by atoms with van der Waals surface area (Å²) in [7, 11) is 0. The van der Waals surface area contributed by atoms with Crippen molar-refractivity contribution in [3.63, 3.8) is 0 Å². The minimum Gasteiger partial charge on any atom is -0.391 e. The van der Waals surface area contributed by atoms with Crippen LogP contribution in [-0.2, 0) is 0 Å². The van der Waals surface area contributed by atoms with E-state index in [1.165, 1.54) is 39.0 Å². The van der Waals surface area contributed by atoms with Gasteiger partial charge >= 0.3 is 0 Å². The lowest BCUT2D eigenvalue weighted by Crippen LogP contribution is -2.40. The molecule has 3 nitrogen and oxygen atoms in total. The van der Waals surface area contributed by atoms with Crippen molar-refractivity contribution in [3.8, 4) is 0 Å². The topological polar surface area (TPSA) is 35.5 Å². The van der Waals surface area contributed by atoms with E-state index >= 15 is 0 Å². The monoisotopic (exact) mass is 196 g/mol. The van der Waals surface area contributed by atoms with Crippen LogP contribution in [0.25, 0.3) is 0 Å². The molecular formula is C11H20N2O. The largest absolute Gasteiger partial charge is 0.391 e. The summed E-state index contributed by atoms with van der Waals surface area (Å²) in [6, 6.07) is 0.487. The van der Waals surface area contributed by atoms with E-state index in [0.29, 0.717) is 6.04 Å². The Morgan fingerprint density at radius 3 is 2.36 bits per heavy atom. The summed E-state index contributed by atoms with van der Waals surface area (Å²) in [6.07, 6.45) is 3.42. The van der Waals surface area contributed by atoms with E-state index in [2.05, 4.69) is 10.2 Å². The van der Waals surface area contributed by atoms with Crippen LogP contribution in [-0.4, -0.2) is 48.3 Å². The molecule has 0 spiro atoms. The van der Waals surface area contributed by atoms with Crippen molar-refractivity contribution in [2.24, 2.45) is 11.8 Å². The summed E-state index contributed by atoms with van der Waals surface area (Å²) in [5, 5.41) is 13.3. The number of hydrogen-bond donors (Lipinski definition) is 2. The van der Waals surface area contributed by atoms with E-state index in [1.807, 2.05) is 0 Å². The summed E-state index contributed by atoms with van der Waals surface area (Å²) in [5.74, 6) is 1.73. The summed E-state index contributed by atoms with van der Waals surface area (Å²) in [4.78, 5) is 2.55. The highest BCUT2D eigenvalue weighted by Gasteiger charge is 2.41. The summed E-state index contributed by atoms with van der Waals surface area (Å²) in [6.45, 7) is 4.84. The molecule has 4 atom stereocenters. The molecule has 0 aromatic heterocycles. The summed E-state index contributed by atoms with van der Waals surface area (Å²) < 4.78 is 0. The molecule has 1 aliphatic carbocycles. The normalized spacial score (nSPS) is 48.6. The Morgan fingerprint density at radius 1 is 1.07 bits per heavy atom. The van der Waals surface area contributed by atoms with Gasteiger partial charge in [-0.2, -0.15) is 0 Å². The lowest BCUT2D eigenvalue weighted by atomic mass is 10.0. The fourth-order valence-corrected chi connectivity index (χ4v) is 3.51. The maximum atomic E-state index is 9.86. The second kappa shape index (κ2) is 3.47. The molecule has 3 rings (SSSR count). The highest BCUT2D eigenvalue weighted by Crippen LogP contribution is 2.33. The van der Waals surface area contributed by atoms with Gasteiger partial charge < -0.3 is 10.4 Å². The van der Waals surface area contributed by atoms with Gasteiger partial charge in [-0.25, -0.2) is 0 Å². The molecule has 3 fully saturated rings. The van der Waals surface area contributed by atoms with Gasteiger partial charge in [-0.1, -0.05) is 0 Å². The van der Waals surface area contributed by atoms with Gasteiger partial charge in [-0.15, -0.1) is 0 Å². The average Bonchev–Trinajstić information content (AvgIpc) is 2.75. The molecule has 0 radical (unpaired) electrons. The van der Waals surface area contributed by atoms with Gasteiger partial charge in [-0.3, -0.25) is 4.90 Å². The van der Waals surface area contributed by atoms with Gasteiger partial charge in [0, 0.05) is 19.1 Å². The number of aliphatic hydroxyl groups is 1. The van der Waals surface area contributed by atoms with Crippen LogP contribution in [0.15, 0.2) is 0 Å². The number of nitrogens with zero attached hydrogens (tertiary/aromatic N) is 1. The van der Waals surface area contributed by atoms with Crippen molar-refractivity contribution in [3.05, 3.63) is 0 Å². The Bertz CT molecular complexity index is 209. The molecule has 2 heterocycles. The number of nitrogens with one attached hydrogen (secondary N) is 1. The second-order valence-electron chi connectivity index (χ2n) is 5.20. The number of fused-ring (bicyclic) bond motifs is 1. The average molecular weight is 196 g/mol. The minimum atomic E-state index is -0.0400. The zero-order valence-electron chi connectivity index (χ0n) is 8.65. The van der Waals surface area contributed by atoms with Crippen molar-refractivity contribution < 1.29 is 5.11 Å². The fourth-order valence-electron chi connectivity index (χ4n) is 3.51. The maximum Gasteiger partial charge on any atom is 0.0695 e. The van der Waals surface area contributed by atoms with E-state index in [4.69, 9.17) is 0 Å². The number of rotatable bonds is 1. The molecule has 80 valence electrons. The van der Waals surface area contributed by atoms with Crippen LogP contribution in [0.2, 0.25) is 0 Å². The van der Waals surface area contributed by atoms with Gasteiger partial charge in [-0.05, 0) is 44.2 Å². The van der Waals surface area contributed by atoms with Crippen LogP contribution in [0, 0.1) is 11.8 Å². The van der Waals surface area contributed by atoms with Gasteiger partial charge in [0.25, 0.3) is 0 Å². The Balaban J connectivity index is 1.65. The highest BCUT2D eigenvalue weighted by molar-refractivity contribution is 4.96. The molecule has 0 amide bonds. The molecule has 2 unspecified atom stereocenters. The van der Waals surface area contributed by atoms with Gasteiger partial charge in [0.1, 0.15) is 0 Å². The third-order valence-electron chi connectivity index (χ3n) is 4.33. The van der Waals surface area contributed by atoms with Crippen molar-refractivity contribution in [1.29, 1.82) is 0 Å². The molecule has 14 heavy (non-hydrogen) atoms. The van der Waals surface area contributed by atoms with Crippen molar-refractivity contribution in [2.75, 3.05) is 26.2 Å². The smallest absolute Gasteiger partial charge is 0.0695 e. The lowest BCUT2D eigenvalue weighted by Gasteiger charge is -2.27. The molecule has 0 aromatic carbocycles. The number of likely N-dealkylation sites (tertiary alicyclic amines) is 1. The molecule has 1 saturated carbocycles. The van der Waals surface area contributed by atoms with E-state index in [0.717, 1.165) is 18.3 Å². The molecular weight excluding hydrogens is 176 g/mol. The zero-order valence-corrected chi connectivity index (χ0v) is 8.65. The molecule has 3 aliphatic rings. The Morgan fingerprint density at radius 2 is 1.79 bits per heavy atom. The first-order valence-corrected chi connectivity index (χ1v) is 5.97. The Labute approximate surface area is 85.5 Å². The molecule has 0 aromatic rings. The van der Waals surface area contributed by atoms with Gasteiger partial charge in [0.15, 0.2) is 0 Å². The van der Waals surface area contributed by atoms with E-state index in [1.54, 1.807) is 0 Å².